The Bertz CT molecular complexity index is 458. The van der Waals surface area contributed by atoms with Crippen LogP contribution in [0.1, 0.15) is 23.2 Å². The summed E-state index contributed by atoms with van der Waals surface area (Å²) in [6, 6.07) is 20.5. The van der Waals surface area contributed by atoms with Crippen LogP contribution in [0, 0.1) is 0 Å². The van der Waals surface area contributed by atoms with E-state index >= 15 is 0 Å². The first-order valence-electron chi connectivity index (χ1n) is 5.86. The standard InChI is InChI=1S/C15H15OP.Pd/c16-17-15(14-9-5-2-6-10-14)12-11-13-7-3-1-4-8-13;/h1-10,15H,11-12H2;/p+1. The van der Waals surface area contributed by atoms with Gasteiger partial charge in [0.2, 0.25) is 0 Å². The van der Waals surface area contributed by atoms with Crippen LogP contribution < -0.4 is 0 Å². The first-order chi connectivity index (χ1) is 8.40. The molecule has 0 aliphatic rings. The molecule has 0 N–H and O–H groups in total. The molecule has 2 rings (SSSR count). The fourth-order valence-electron chi connectivity index (χ4n) is 1.93. The molecule has 0 aliphatic heterocycles. The molecule has 0 heterocycles. The van der Waals surface area contributed by atoms with Gasteiger partial charge in [0.05, 0.1) is 0 Å². The third-order valence-corrected chi connectivity index (χ3v) is 3.82. The number of hydrogen-bond donors (Lipinski definition) is 0. The minimum absolute atomic E-state index is 0. The van der Waals surface area contributed by atoms with Crippen LogP contribution in [0.15, 0.2) is 60.7 Å². The van der Waals surface area contributed by atoms with Crippen molar-refractivity contribution in [1.29, 1.82) is 0 Å². The first kappa shape index (κ1) is 15.3. The largest absolute Gasteiger partial charge is 0.332 e. The Morgan fingerprint density at radius 3 is 2.00 bits per heavy atom. The molecular weight excluding hydrogens is 334 g/mol. The summed E-state index contributed by atoms with van der Waals surface area (Å²) in [5.74, 6) is 0. The summed E-state index contributed by atoms with van der Waals surface area (Å²) in [7, 11) is -0.272. The van der Waals surface area contributed by atoms with Crippen LogP contribution >= 0.6 is 8.46 Å². The Kier molecular flexibility index (Phi) is 7.06. The topological polar surface area (TPSA) is 17.1 Å². The maximum absolute atomic E-state index is 11.3. The van der Waals surface area contributed by atoms with Gasteiger partial charge in [0.1, 0.15) is 0 Å². The molecule has 0 aliphatic carbocycles. The summed E-state index contributed by atoms with van der Waals surface area (Å²) in [5, 5.41) is 0. The van der Waals surface area contributed by atoms with Crippen molar-refractivity contribution in [2.45, 2.75) is 18.5 Å². The summed E-state index contributed by atoms with van der Waals surface area (Å²) in [4.78, 5) is 0. The van der Waals surface area contributed by atoms with Crippen LogP contribution in [0.4, 0.5) is 0 Å². The van der Waals surface area contributed by atoms with Crippen LogP contribution in [0.25, 0.3) is 0 Å². The molecule has 0 saturated heterocycles. The van der Waals surface area contributed by atoms with E-state index in [9.17, 15) is 4.57 Å². The Labute approximate surface area is 123 Å². The molecule has 0 spiro atoms. The number of hydrogen-bond acceptors (Lipinski definition) is 1. The zero-order valence-electron chi connectivity index (χ0n) is 9.99. The van der Waals surface area contributed by atoms with Crippen molar-refractivity contribution in [3.05, 3.63) is 71.8 Å². The van der Waals surface area contributed by atoms with E-state index < -0.39 is 0 Å². The molecule has 0 aromatic heterocycles. The van der Waals surface area contributed by atoms with Crippen LogP contribution in [0.5, 0.6) is 0 Å². The summed E-state index contributed by atoms with van der Waals surface area (Å²) in [5.41, 5.74) is 2.65. The fourth-order valence-corrected chi connectivity index (χ4v) is 2.53. The van der Waals surface area contributed by atoms with E-state index in [-0.39, 0.29) is 34.5 Å². The smallest absolute Gasteiger partial charge is 0.0768 e. The SMILES string of the molecule is O=[PH+]C(CCc1ccccc1)c1ccccc1.[Pd]. The Morgan fingerprint density at radius 2 is 1.44 bits per heavy atom. The molecule has 1 nitrogen and oxygen atoms in total. The molecule has 3 heteroatoms. The quantitative estimate of drug-likeness (QED) is 0.578. The van der Waals surface area contributed by atoms with E-state index in [1.54, 1.807) is 0 Å². The van der Waals surface area contributed by atoms with E-state index in [1.807, 2.05) is 36.4 Å². The van der Waals surface area contributed by atoms with Gasteiger partial charge >= 0.3 is 8.46 Å². The average molecular weight is 350 g/mol. The third kappa shape index (κ3) is 4.47. The molecule has 2 atom stereocenters. The Balaban J connectivity index is 0.00000162. The van der Waals surface area contributed by atoms with Gasteiger partial charge in [-0.15, -0.1) is 0 Å². The monoisotopic (exact) mass is 349 g/mol. The molecule has 2 unspecified atom stereocenters. The number of benzene rings is 2. The summed E-state index contributed by atoms with van der Waals surface area (Å²) >= 11 is 0. The zero-order valence-corrected chi connectivity index (χ0v) is 12.5. The molecule has 96 valence electrons. The van der Waals surface area contributed by atoms with Crippen molar-refractivity contribution in [1.82, 2.24) is 0 Å². The van der Waals surface area contributed by atoms with Crippen molar-refractivity contribution in [3.63, 3.8) is 0 Å². The molecule has 0 amide bonds. The summed E-state index contributed by atoms with van der Waals surface area (Å²) in [6.07, 6.45) is 1.92. The predicted molar refractivity (Wildman–Crippen MR) is 72.9 cm³/mol. The van der Waals surface area contributed by atoms with Gasteiger partial charge in [0.25, 0.3) is 0 Å². The summed E-state index contributed by atoms with van der Waals surface area (Å²) in [6.45, 7) is 0. The summed E-state index contributed by atoms with van der Waals surface area (Å²) < 4.78 is 11.3. The van der Waals surface area contributed by atoms with Crippen molar-refractivity contribution in [2.24, 2.45) is 0 Å². The Hall–Kier alpha value is -0.798. The molecular formula is C15H16OPPd+. The molecule has 0 bridgehead atoms. The molecule has 0 saturated carbocycles. The van der Waals surface area contributed by atoms with Crippen LogP contribution in [0.2, 0.25) is 0 Å². The maximum atomic E-state index is 11.3. The predicted octanol–water partition coefficient (Wildman–Crippen LogP) is 4.38. The average Bonchev–Trinajstić information content (AvgIpc) is 2.42. The van der Waals surface area contributed by atoms with E-state index in [0.717, 1.165) is 12.8 Å². The third-order valence-electron chi connectivity index (χ3n) is 2.91. The van der Waals surface area contributed by atoms with Crippen LogP contribution in [-0.4, -0.2) is 0 Å². The minimum atomic E-state index is -0.272. The van der Waals surface area contributed by atoms with Gasteiger partial charge in [0, 0.05) is 32.4 Å². The fraction of sp³-hybridized carbons (Fsp3) is 0.200. The van der Waals surface area contributed by atoms with Gasteiger partial charge < -0.3 is 0 Å². The van der Waals surface area contributed by atoms with E-state index in [0.29, 0.717) is 0 Å². The second kappa shape index (κ2) is 8.33. The number of rotatable bonds is 5. The first-order valence-corrected chi connectivity index (χ1v) is 6.85. The van der Waals surface area contributed by atoms with Gasteiger partial charge in [-0.25, -0.2) is 0 Å². The van der Waals surface area contributed by atoms with E-state index in [2.05, 4.69) is 24.3 Å². The van der Waals surface area contributed by atoms with Gasteiger partial charge in [0.15, 0.2) is 5.66 Å². The second-order valence-corrected chi connectivity index (χ2v) is 5.04. The van der Waals surface area contributed by atoms with E-state index in [4.69, 9.17) is 0 Å². The van der Waals surface area contributed by atoms with Gasteiger partial charge in [-0.1, -0.05) is 65.2 Å². The van der Waals surface area contributed by atoms with Crippen LogP contribution in [-0.2, 0) is 31.4 Å². The Morgan fingerprint density at radius 1 is 0.889 bits per heavy atom. The second-order valence-electron chi connectivity index (χ2n) is 4.11. The van der Waals surface area contributed by atoms with Crippen molar-refractivity contribution >= 4 is 8.46 Å². The van der Waals surface area contributed by atoms with Gasteiger partial charge in [-0.05, 0) is 12.0 Å². The van der Waals surface area contributed by atoms with Crippen LogP contribution in [0.3, 0.4) is 0 Å². The van der Waals surface area contributed by atoms with Crippen molar-refractivity contribution in [3.8, 4) is 0 Å². The molecule has 18 heavy (non-hydrogen) atoms. The zero-order chi connectivity index (χ0) is 11.9. The normalized spacial score (nSPS) is 11.8. The van der Waals surface area contributed by atoms with Crippen molar-refractivity contribution in [2.75, 3.05) is 0 Å². The van der Waals surface area contributed by atoms with Gasteiger partial charge in [-0.3, -0.25) is 0 Å². The minimum Gasteiger partial charge on any atom is -0.0768 e. The number of aryl methyl sites for hydroxylation is 1. The van der Waals surface area contributed by atoms with Gasteiger partial charge in [-0.2, -0.15) is 0 Å². The molecule has 0 radical (unpaired) electrons. The maximum Gasteiger partial charge on any atom is 0.332 e. The van der Waals surface area contributed by atoms with E-state index in [1.165, 1.54) is 11.1 Å². The molecule has 0 fully saturated rings. The molecule has 2 aromatic rings. The van der Waals surface area contributed by atoms with Crippen molar-refractivity contribution < 1.29 is 25.0 Å². The molecule has 2 aromatic carbocycles.